The first-order valence-corrected chi connectivity index (χ1v) is 4.45. The molecule has 1 heterocycles. The van der Waals surface area contributed by atoms with Crippen LogP contribution in [-0.2, 0) is 0 Å². The highest BCUT2D eigenvalue weighted by atomic mass is 15.4. The normalized spacial score (nSPS) is 12.3. The van der Waals surface area contributed by atoms with Gasteiger partial charge in [0.15, 0.2) is 0 Å². The van der Waals surface area contributed by atoms with Gasteiger partial charge in [0.2, 0.25) is 0 Å². The molecule has 3 nitrogen and oxygen atoms in total. The maximum Gasteiger partial charge on any atom is 0.0964 e. The minimum Gasteiger partial charge on any atom is -0.241 e. The van der Waals surface area contributed by atoms with Gasteiger partial charge >= 0.3 is 0 Å². The van der Waals surface area contributed by atoms with Crippen LogP contribution in [0.15, 0.2) is 55.4 Å². The van der Waals surface area contributed by atoms with Crippen LogP contribution in [0.4, 0.5) is 0 Å². The molecule has 1 unspecified atom stereocenters. The van der Waals surface area contributed by atoms with Gasteiger partial charge in [0.25, 0.3) is 0 Å². The molecule has 0 amide bonds. The Bertz CT molecular complexity index is 392. The fraction of sp³-hybridized carbons (Fsp3) is 0.0909. The number of hydrogen-bond donors (Lipinski definition) is 0. The van der Waals surface area contributed by atoms with E-state index in [2.05, 4.69) is 16.9 Å². The van der Waals surface area contributed by atoms with Crippen molar-refractivity contribution in [2.75, 3.05) is 0 Å². The molecule has 2 rings (SSSR count). The van der Waals surface area contributed by atoms with E-state index in [4.69, 9.17) is 0 Å². The second kappa shape index (κ2) is 3.87. The largest absolute Gasteiger partial charge is 0.241 e. The van der Waals surface area contributed by atoms with E-state index in [0.29, 0.717) is 0 Å². The molecule has 14 heavy (non-hydrogen) atoms. The van der Waals surface area contributed by atoms with Gasteiger partial charge in [-0.2, -0.15) is 0 Å². The zero-order valence-corrected chi connectivity index (χ0v) is 7.74. The Morgan fingerprint density at radius 1 is 1.29 bits per heavy atom. The van der Waals surface area contributed by atoms with Crippen molar-refractivity contribution in [3.63, 3.8) is 0 Å². The van der Waals surface area contributed by atoms with Crippen molar-refractivity contribution >= 4 is 0 Å². The average molecular weight is 185 g/mol. The van der Waals surface area contributed by atoms with Crippen molar-refractivity contribution in [2.45, 2.75) is 6.04 Å². The van der Waals surface area contributed by atoms with Crippen molar-refractivity contribution < 1.29 is 0 Å². The molecule has 0 saturated heterocycles. The van der Waals surface area contributed by atoms with E-state index in [9.17, 15) is 0 Å². The first-order valence-electron chi connectivity index (χ1n) is 4.45. The number of nitrogens with zero attached hydrogens (tertiary/aromatic N) is 3. The Balaban J connectivity index is 2.36. The van der Waals surface area contributed by atoms with E-state index >= 15 is 0 Å². The van der Waals surface area contributed by atoms with Crippen LogP contribution >= 0.6 is 0 Å². The molecule has 0 bridgehead atoms. The highest BCUT2D eigenvalue weighted by Crippen LogP contribution is 2.16. The summed E-state index contributed by atoms with van der Waals surface area (Å²) in [5.74, 6) is 0. The first-order chi connectivity index (χ1) is 6.92. The van der Waals surface area contributed by atoms with Gasteiger partial charge in [0.1, 0.15) is 0 Å². The maximum atomic E-state index is 3.96. The van der Waals surface area contributed by atoms with Gasteiger partial charge in [0, 0.05) is 6.20 Å². The summed E-state index contributed by atoms with van der Waals surface area (Å²) < 4.78 is 1.78. The van der Waals surface area contributed by atoms with Crippen LogP contribution in [0.2, 0.25) is 0 Å². The van der Waals surface area contributed by atoms with Crippen LogP contribution in [0.1, 0.15) is 11.6 Å². The minimum atomic E-state index is 0.0682. The summed E-state index contributed by atoms with van der Waals surface area (Å²) in [7, 11) is 0. The van der Waals surface area contributed by atoms with Crippen molar-refractivity contribution in [2.24, 2.45) is 0 Å². The topological polar surface area (TPSA) is 30.7 Å². The van der Waals surface area contributed by atoms with Crippen molar-refractivity contribution in [3.05, 3.63) is 60.9 Å². The smallest absolute Gasteiger partial charge is 0.0964 e. The molecular formula is C11H11N3. The van der Waals surface area contributed by atoms with Crippen molar-refractivity contribution in [3.8, 4) is 0 Å². The molecule has 70 valence electrons. The monoisotopic (exact) mass is 185 g/mol. The Morgan fingerprint density at radius 3 is 2.64 bits per heavy atom. The Hall–Kier alpha value is -1.90. The molecule has 3 heteroatoms. The maximum absolute atomic E-state index is 3.96. The Morgan fingerprint density at radius 2 is 2.07 bits per heavy atom. The average Bonchev–Trinajstić information content (AvgIpc) is 2.74. The second-order valence-electron chi connectivity index (χ2n) is 2.97. The lowest BCUT2D eigenvalue weighted by atomic mass is 10.1. The summed E-state index contributed by atoms with van der Waals surface area (Å²) in [6, 6.07) is 10.2. The van der Waals surface area contributed by atoms with Gasteiger partial charge in [-0.15, -0.1) is 11.7 Å². The van der Waals surface area contributed by atoms with Crippen LogP contribution in [0.25, 0.3) is 0 Å². The summed E-state index contributed by atoms with van der Waals surface area (Å²) in [6.07, 6.45) is 5.35. The molecule has 0 saturated carbocycles. The molecule has 0 N–H and O–H groups in total. The van der Waals surface area contributed by atoms with Gasteiger partial charge in [-0.25, -0.2) is 4.68 Å². The third kappa shape index (κ3) is 1.57. The third-order valence-electron chi connectivity index (χ3n) is 2.09. The van der Waals surface area contributed by atoms with E-state index in [1.165, 1.54) is 0 Å². The molecule has 0 aliphatic carbocycles. The summed E-state index contributed by atoms with van der Waals surface area (Å²) in [4.78, 5) is 0. The first kappa shape index (κ1) is 8.69. The summed E-state index contributed by atoms with van der Waals surface area (Å²) in [6.45, 7) is 3.80. The van der Waals surface area contributed by atoms with Crippen LogP contribution in [0.3, 0.4) is 0 Å². The van der Waals surface area contributed by atoms with Gasteiger partial charge in [-0.1, -0.05) is 41.6 Å². The van der Waals surface area contributed by atoms with Crippen LogP contribution in [-0.4, -0.2) is 15.0 Å². The predicted molar refractivity (Wildman–Crippen MR) is 54.8 cm³/mol. The zero-order valence-electron chi connectivity index (χ0n) is 7.74. The highest BCUT2D eigenvalue weighted by Gasteiger charge is 2.08. The summed E-state index contributed by atoms with van der Waals surface area (Å²) in [5, 5.41) is 7.74. The lowest BCUT2D eigenvalue weighted by Crippen LogP contribution is -2.08. The number of rotatable bonds is 3. The summed E-state index contributed by atoms with van der Waals surface area (Å²) in [5.41, 5.74) is 1.16. The fourth-order valence-electron chi connectivity index (χ4n) is 1.41. The van der Waals surface area contributed by atoms with Crippen LogP contribution in [0.5, 0.6) is 0 Å². The second-order valence-corrected chi connectivity index (χ2v) is 2.97. The van der Waals surface area contributed by atoms with Gasteiger partial charge in [0.05, 0.1) is 12.2 Å². The highest BCUT2D eigenvalue weighted by molar-refractivity contribution is 5.22. The third-order valence-corrected chi connectivity index (χ3v) is 2.09. The lowest BCUT2D eigenvalue weighted by Gasteiger charge is -2.11. The fourth-order valence-corrected chi connectivity index (χ4v) is 1.41. The molecule has 0 spiro atoms. The lowest BCUT2D eigenvalue weighted by molar-refractivity contribution is 0.586. The molecule has 1 aromatic carbocycles. The quantitative estimate of drug-likeness (QED) is 0.685. The molecule has 0 aliphatic heterocycles. The van der Waals surface area contributed by atoms with E-state index < -0.39 is 0 Å². The zero-order chi connectivity index (χ0) is 9.80. The number of hydrogen-bond acceptors (Lipinski definition) is 2. The summed E-state index contributed by atoms with van der Waals surface area (Å²) >= 11 is 0. The van der Waals surface area contributed by atoms with Gasteiger partial charge < -0.3 is 0 Å². The molecule has 1 aromatic heterocycles. The minimum absolute atomic E-state index is 0.0682. The Kier molecular flexibility index (Phi) is 2.40. The standard InChI is InChI=1S/C11H11N3/c1-2-11(14-9-8-12-13-14)10-6-4-3-5-7-10/h2-9,11H,1H2. The van der Waals surface area contributed by atoms with Crippen LogP contribution < -0.4 is 0 Å². The van der Waals surface area contributed by atoms with Gasteiger partial charge in [-0.3, -0.25) is 0 Å². The molecule has 0 radical (unpaired) electrons. The van der Waals surface area contributed by atoms with E-state index in [0.717, 1.165) is 5.56 Å². The molecule has 0 fully saturated rings. The molecule has 1 atom stereocenters. The SMILES string of the molecule is C=CC(c1ccccc1)n1ccnn1. The Labute approximate surface area is 82.7 Å². The molecular weight excluding hydrogens is 174 g/mol. The van der Waals surface area contributed by atoms with E-state index in [-0.39, 0.29) is 6.04 Å². The van der Waals surface area contributed by atoms with E-state index in [1.54, 1.807) is 10.9 Å². The van der Waals surface area contributed by atoms with Crippen LogP contribution in [0, 0.1) is 0 Å². The van der Waals surface area contributed by atoms with E-state index in [1.807, 2.05) is 42.6 Å². The number of aromatic nitrogens is 3. The number of benzene rings is 1. The molecule has 2 aromatic rings. The molecule has 0 aliphatic rings. The number of allylic oxidation sites excluding steroid dienone is 1. The van der Waals surface area contributed by atoms with Crippen molar-refractivity contribution in [1.82, 2.24) is 15.0 Å². The van der Waals surface area contributed by atoms with Crippen molar-refractivity contribution in [1.29, 1.82) is 0 Å². The predicted octanol–water partition coefficient (Wildman–Crippen LogP) is 2.05. The van der Waals surface area contributed by atoms with Gasteiger partial charge in [-0.05, 0) is 5.56 Å².